The van der Waals surface area contributed by atoms with Crippen molar-refractivity contribution in [2.45, 2.75) is 44.2 Å². The molecule has 8 heteroatoms. The summed E-state index contributed by atoms with van der Waals surface area (Å²) in [5, 5.41) is 0. The summed E-state index contributed by atoms with van der Waals surface area (Å²) in [5.41, 5.74) is 7.47. The Hall–Kier alpha value is -1.28. The van der Waals surface area contributed by atoms with Gasteiger partial charge in [-0.1, -0.05) is 0 Å². The lowest BCUT2D eigenvalue weighted by Gasteiger charge is -2.12. The van der Waals surface area contributed by atoms with Crippen LogP contribution in [0.15, 0.2) is 17.0 Å². The van der Waals surface area contributed by atoms with Crippen LogP contribution in [0.2, 0.25) is 0 Å². The maximum Gasteiger partial charge on any atom is 0.389 e. The van der Waals surface area contributed by atoms with Gasteiger partial charge in [0.05, 0.1) is 5.69 Å². The lowest BCUT2D eigenvalue weighted by atomic mass is 10.1. The third-order valence-electron chi connectivity index (χ3n) is 3.09. The van der Waals surface area contributed by atoms with Gasteiger partial charge in [0, 0.05) is 13.0 Å². The number of aryl methyl sites for hydroxylation is 2. The molecule has 1 aromatic rings. The smallest absolute Gasteiger partial charge is 0.389 e. The molecule has 0 unspecified atom stereocenters. The van der Waals surface area contributed by atoms with Crippen LogP contribution in [-0.2, 0) is 10.0 Å². The molecular formula is C13H19F3N2O2S. The van der Waals surface area contributed by atoms with Crippen molar-refractivity contribution in [1.29, 1.82) is 0 Å². The van der Waals surface area contributed by atoms with Crippen molar-refractivity contribution in [1.82, 2.24) is 4.72 Å². The molecule has 1 rings (SSSR count). The zero-order chi connectivity index (χ0) is 16.3. The largest absolute Gasteiger partial charge is 0.398 e. The first-order chi connectivity index (χ1) is 9.53. The molecule has 0 atom stereocenters. The van der Waals surface area contributed by atoms with Crippen molar-refractivity contribution in [3.8, 4) is 0 Å². The number of nitrogens with two attached hydrogens (primary N) is 1. The first-order valence-electron chi connectivity index (χ1n) is 6.46. The first-order valence-corrected chi connectivity index (χ1v) is 7.94. The summed E-state index contributed by atoms with van der Waals surface area (Å²) in [6.07, 6.45) is -5.13. The fourth-order valence-electron chi connectivity index (χ4n) is 1.78. The SMILES string of the molecule is Cc1cc(N)c(S(=O)(=O)NCCCCC(F)(F)F)cc1C. The van der Waals surface area contributed by atoms with Crippen molar-refractivity contribution < 1.29 is 21.6 Å². The second kappa shape index (κ2) is 6.65. The molecule has 0 heterocycles. The Morgan fingerprint density at radius 1 is 1.14 bits per heavy atom. The summed E-state index contributed by atoms with van der Waals surface area (Å²) in [6, 6.07) is 3.02. The van der Waals surface area contributed by atoms with E-state index < -0.39 is 22.6 Å². The van der Waals surface area contributed by atoms with Gasteiger partial charge < -0.3 is 5.73 Å². The summed E-state index contributed by atoms with van der Waals surface area (Å²) in [7, 11) is -3.80. The van der Waals surface area contributed by atoms with E-state index >= 15 is 0 Å². The Balaban J connectivity index is 2.64. The Labute approximate surface area is 122 Å². The van der Waals surface area contributed by atoms with E-state index in [-0.39, 0.29) is 30.0 Å². The van der Waals surface area contributed by atoms with Crippen LogP contribution in [0.4, 0.5) is 18.9 Å². The van der Waals surface area contributed by atoms with Crippen molar-refractivity contribution in [2.75, 3.05) is 12.3 Å². The van der Waals surface area contributed by atoms with Crippen LogP contribution in [-0.4, -0.2) is 21.1 Å². The molecule has 0 spiro atoms. The van der Waals surface area contributed by atoms with Gasteiger partial charge in [0.25, 0.3) is 0 Å². The van der Waals surface area contributed by atoms with Crippen LogP contribution < -0.4 is 10.5 Å². The molecule has 0 amide bonds. The van der Waals surface area contributed by atoms with Crippen LogP contribution >= 0.6 is 0 Å². The van der Waals surface area contributed by atoms with Gasteiger partial charge in [0.1, 0.15) is 4.90 Å². The molecule has 0 bridgehead atoms. The van der Waals surface area contributed by atoms with Gasteiger partial charge in [0.15, 0.2) is 0 Å². The fraction of sp³-hybridized carbons (Fsp3) is 0.538. The average Bonchev–Trinajstić information content (AvgIpc) is 2.31. The van der Waals surface area contributed by atoms with E-state index in [1.807, 2.05) is 6.92 Å². The summed E-state index contributed by atoms with van der Waals surface area (Å²) in [5.74, 6) is 0. The zero-order valence-electron chi connectivity index (χ0n) is 11.9. The van der Waals surface area contributed by atoms with Crippen LogP contribution in [0.5, 0.6) is 0 Å². The van der Waals surface area contributed by atoms with Gasteiger partial charge in [-0.25, -0.2) is 13.1 Å². The number of hydrogen-bond donors (Lipinski definition) is 2. The maximum absolute atomic E-state index is 12.1. The summed E-state index contributed by atoms with van der Waals surface area (Å²) >= 11 is 0. The van der Waals surface area contributed by atoms with E-state index in [1.165, 1.54) is 6.07 Å². The number of halogens is 3. The molecule has 0 aliphatic heterocycles. The quantitative estimate of drug-likeness (QED) is 0.624. The molecule has 21 heavy (non-hydrogen) atoms. The van der Waals surface area contributed by atoms with Gasteiger partial charge in [-0.15, -0.1) is 0 Å². The van der Waals surface area contributed by atoms with E-state index in [0.29, 0.717) is 0 Å². The molecule has 120 valence electrons. The number of anilines is 1. The second-order valence-corrected chi connectivity index (χ2v) is 6.68. The molecule has 0 aliphatic carbocycles. The lowest BCUT2D eigenvalue weighted by Crippen LogP contribution is -2.26. The number of unbranched alkanes of at least 4 members (excludes halogenated alkanes) is 1. The lowest BCUT2D eigenvalue weighted by molar-refractivity contribution is -0.135. The molecule has 3 N–H and O–H groups in total. The highest BCUT2D eigenvalue weighted by atomic mass is 32.2. The maximum atomic E-state index is 12.1. The molecule has 0 aliphatic rings. The second-order valence-electron chi connectivity index (χ2n) is 4.94. The van der Waals surface area contributed by atoms with Crippen molar-refractivity contribution in [3.05, 3.63) is 23.3 Å². The standard InChI is InChI=1S/C13H19F3N2O2S/c1-9-7-11(17)12(8-10(9)2)21(19,20)18-6-4-3-5-13(14,15)16/h7-8,18H,3-6,17H2,1-2H3. The highest BCUT2D eigenvalue weighted by Gasteiger charge is 2.26. The monoisotopic (exact) mass is 324 g/mol. The molecule has 0 saturated heterocycles. The number of hydrogen-bond acceptors (Lipinski definition) is 3. The average molecular weight is 324 g/mol. The zero-order valence-corrected chi connectivity index (χ0v) is 12.7. The van der Waals surface area contributed by atoms with Crippen molar-refractivity contribution in [2.24, 2.45) is 0 Å². The van der Waals surface area contributed by atoms with Crippen LogP contribution in [0.1, 0.15) is 30.4 Å². The van der Waals surface area contributed by atoms with Gasteiger partial charge in [-0.05, 0) is 49.9 Å². The summed E-state index contributed by atoms with van der Waals surface area (Å²) in [6.45, 7) is 3.52. The van der Waals surface area contributed by atoms with E-state index in [4.69, 9.17) is 5.73 Å². The minimum absolute atomic E-state index is 0.0404. The minimum atomic E-state index is -4.21. The predicted molar refractivity (Wildman–Crippen MR) is 75.4 cm³/mol. The highest BCUT2D eigenvalue weighted by Crippen LogP contribution is 2.23. The number of nitrogen functional groups attached to an aromatic ring is 1. The third-order valence-corrected chi connectivity index (χ3v) is 4.61. The van der Waals surface area contributed by atoms with Gasteiger partial charge in [-0.3, -0.25) is 0 Å². The molecule has 0 saturated carbocycles. The Bertz CT molecular complexity index is 598. The number of nitrogens with one attached hydrogen (secondary N) is 1. The topological polar surface area (TPSA) is 72.2 Å². The van der Waals surface area contributed by atoms with Crippen LogP contribution in [0, 0.1) is 13.8 Å². The number of alkyl halides is 3. The van der Waals surface area contributed by atoms with Crippen molar-refractivity contribution in [3.63, 3.8) is 0 Å². The molecule has 0 radical (unpaired) electrons. The molecule has 1 aromatic carbocycles. The Morgan fingerprint density at radius 2 is 1.71 bits per heavy atom. The highest BCUT2D eigenvalue weighted by molar-refractivity contribution is 7.89. The Kier molecular flexibility index (Phi) is 5.63. The van der Waals surface area contributed by atoms with Gasteiger partial charge in [-0.2, -0.15) is 13.2 Å². The minimum Gasteiger partial charge on any atom is -0.398 e. The van der Waals surface area contributed by atoms with E-state index in [9.17, 15) is 21.6 Å². The Morgan fingerprint density at radius 3 is 2.29 bits per heavy atom. The first kappa shape index (κ1) is 17.8. The molecule has 0 aromatic heterocycles. The van der Waals surface area contributed by atoms with E-state index in [0.717, 1.165) is 11.1 Å². The van der Waals surface area contributed by atoms with Crippen molar-refractivity contribution >= 4 is 15.7 Å². The normalized spacial score (nSPS) is 12.6. The molecule has 0 fully saturated rings. The summed E-state index contributed by atoms with van der Waals surface area (Å²) < 4.78 is 62.3. The predicted octanol–water partition coefficient (Wildman–Crippen LogP) is 2.90. The summed E-state index contributed by atoms with van der Waals surface area (Å²) in [4.78, 5) is -0.0404. The fourth-order valence-corrected chi connectivity index (χ4v) is 3.05. The van der Waals surface area contributed by atoms with Gasteiger partial charge in [0.2, 0.25) is 10.0 Å². The van der Waals surface area contributed by atoms with E-state index in [1.54, 1.807) is 13.0 Å². The molecule has 4 nitrogen and oxygen atoms in total. The number of benzene rings is 1. The number of rotatable bonds is 6. The van der Waals surface area contributed by atoms with Crippen LogP contribution in [0.3, 0.4) is 0 Å². The number of sulfonamides is 1. The van der Waals surface area contributed by atoms with Gasteiger partial charge >= 0.3 is 6.18 Å². The molecular weight excluding hydrogens is 305 g/mol. The van der Waals surface area contributed by atoms with E-state index in [2.05, 4.69) is 4.72 Å². The third kappa shape index (κ3) is 5.55. The van der Waals surface area contributed by atoms with Crippen LogP contribution in [0.25, 0.3) is 0 Å².